The second-order valence-electron chi connectivity index (χ2n) is 14.0. The van der Waals surface area contributed by atoms with Gasteiger partial charge in [0.05, 0.1) is 11.8 Å². The van der Waals surface area contributed by atoms with Crippen molar-refractivity contribution in [3.63, 3.8) is 0 Å². The number of hydrogen-bond acceptors (Lipinski definition) is 6. The molecule has 3 aromatic heterocycles. The number of pyridine rings is 2. The molecule has 0 bridgehead atoms. The van der Waals surface area contributed by atoms with Gasteiger partial charge >= 0.3 is 0 Å². The molecule has 2 aromatic carbocycles. The number of carbonyl (C=O) groups excluding carboxylic acids is 2. The smallest absolute Gasteiger partial charge is 0.271 e. The number of likely N-dealkylation sites (N-methyl/N-ethyl adjacent to an activating group) is 1. The van der Waals surface area contributed by atoms with Gasteiger partial charge in [-0.05, 0) is 107 Å². The average molecular weight is 680 g/mol. The highest BCUT2D eigenvalue weighted by Crippen LogP contribution is 2.27. The Morgan fingerprint density at radius 3 is 2.26 bits per heavy atom. The van der Waals surface area contributed by atoms with Crippen molar-refractivity contribution in [2.45, 2.75) is 70.5 Å². The molecule has 3 N–H and O–H groups in total. The van der Waals surface area contributed by atoms with E-state index in [-0.39, 0.29) is 40.6 Å². The van der Waals surface area contributed by atoms with Gasteiger partial charge in [-0.25, -0.2) is 18.7 Å². The van der Waals surface area contributed by atoms with E-state index >= 15 is 0 Å². The molecular weight excluding hydrogens is 636 g/mol. The number of benzene rings is 2. The lowest BCUT2D eigenvalue weighted by molar-refractivity contribution is 0.0889. The van der Waals surface area contributed by atoms with Crippen LogP contribution in [0.1, 0.15) is 72.9 Å². The van der Waals surface area contributed by atoms with Gasteiger partial charge in [0.25, 0.3) is 11.8 Å². The molecule has 1 fully saturated rings. The van der Waals surface area contributed by atoms with Crippen LogP contribution in [0.2, 0.25) is 0 Å². The van der Waals surface area contributed by atoms with E-state index in [1.54, 1.807) is 0 Å². The average Bonchev–Trinajstić information content (AvgIpc) is 3.52. The van der Waals surface area contributed by atoms with Gasteiger partial charge in [0.15, 0.2) is 0 Å². The van der Waals surface area contributed by atoms with Gasteiger partial charge in [-0.3, -0.25) is 9.59 Å². The zero-order valence-corrected chi connectivity index (χ0v) is 28.8. The number of nitrogens with one attached hydrogen (secondary N) is 3. The summed E-state index contributed by atoms with van der Waals surface area (Å²) in [6.07, 6.45) is 7.38. The van der Waals surface area contributed by atoms with Gasteiger partial charge in [-0.2, -0.15) is 0 Å². The predicted octanol–water partition coefficient (Wildman–Crippen LogP) is 7.16. The van der Waals surface area contributed by atoms with Crippen molar-refractivity contribution in [2.24, 2.45) is 0 Å². The first-order valence-electron chi connectivity index (χ1n) is 17.0. The molecule has 1 saturated carbocycles. The first-order valence-corrected chi connectivity index (χ1v) is 17.0. The van der Waals surface area contributed by atoms with Gasteiger partial charge in [0.2, 0.25) is 0 Å². The zero-order chi connectivity index (χ0) is 35.4. The van der Waals surface area contributed by atoms with Crippen molar-refractivity contribution in [3.05, 3.63) is 114 Å². The van der Waals surface area contributed by atoms with Crippen molar-refractivity contribution < 1.29 is 18.4 Å². The van der Waals surface area contributed by atoms with Crippen LogP contribution in [-0.2, 0) is 6.42 Å². The van der Waals surface area contributed by atoms with Crippen LogP contribution in [0.4, 0.5) is 20.3 Å². The van der Waals surface area contributed by atoms with E-state index in [9.17, 15) is 18.4 Å². The van der Waals surface area contributed by atoms with Crippen LogP contribution in [0, 0.1) is 11.6 Å². The lowest BCUT2D eigenvalue weighted by atomic mass is 9.91. The Balaban J connectivity index is 1.05. The minimum Gasteiger partial charge on any atom is -0.349 e. The standard InChI is InChI=1S/C39H43F2N7O2/c1-39(2,3)47(4)19-18-25-8-10-26(11-9-25)27-6-5-7-32(20-27)43-36-33(21-29(41)22-42-36)37(49)44-30-13-15-31(16-14-30)45-38(50)34-24-48-23-28(40)12-17-35(48)46-34/h5-12,17,20-24,30-31H,13-16,18-19H2,1-4H3,(H,42,43)(H,44,49)(H,45,50)/t30-,31+. The van der Waals surface area contributed by atoms with Crippen molar-refractivity contribution in [1.82, 2.24) is 29.9 Å². The number of rotatable bonds is 10. The van der Waals surface area contributed by atoms with E-state index < -0.39 is 17.5 Å². The van der Waals surface area contributed by atoms with Gasteiger partial charge in [0.1, 0.15) is 28.8 Å². The highest BCUT2D eigenvalue weighted by atomic mass is 19.1. The van der Waals surface area contributed by atoms with Crippen LogP contribution >= 0.6 is 0 Å². The number of imidazole rings is 1. The van der Waals surface area contributed by atoms with Crippen LogP contribution in [0.15, 0.2) is 85.3 Å². The number of nitrogens with zero attached hydrogens (tertiary/aromatic N) is 4. The highest BCUT2D eigenvalue weighted by Gasteiger charge is 2.26. The van der Waals surface area contributed by atoms with Crippen LogP contribution in [0.25, 0.3) is 16.8 Å². The highest BCUT2D eigenvalue weighted by molar-refractivity contribution is 5.99. The summed E-state index contributed by atoms with van der Waals surface area (Å²) in [4.78, 5) is 37.1. The third-order valence-electron chi connectivity index (χ3n) is 9.44. The first-order chi connectivity index (χ1) is 23.9. The summed E-state index contributed by atoms with van der Waals surface area (Å²) in [7, 11) is 2.14. The summed E-state index contributed by atoms with van der Waals surface area (Å²) in [6, 6.07) is 20.1. The van der Waals surface area contributed by atoms with Crippen molar-refractivity contribution in [2.75, 3.05) is 18.9 Å². The Morgan fingerprint density at radius 1 is 0.860 bits per heavy atom. The third-order valence-corrected chi connectivity index (χ3v) is 9.44. The molecule has 2 amide bonds. The molecule has 260 valence electrons. The van der Waals surface area contributed by atoms with E-state index in [1.807, 2.05) is 24.3 Å². The molecule has 1 aliphatic rings. The van der Waals surface area contributed by atoms with Crippen molar-refractivity contribution >= 4 is 29.0 Å². The summed E-state index contributed by atoms with van der Waals surface area (Å²) in [6.45, 7) is 7.60. The summed E-state index contributed by atoms with van der Waals surface area (Å²) < 4.78 is 29.4. The maximum Gasteiger partial charge on any atom is 0.271 e. The topological polar surface area (TPSA) is 104 Å². The molecule has 3 heterocycles. The molecule has 0 spiro atoms. The van der Waals surface area contributed by atoms with Crippen LogP contribution in [0.5, 0.6) is 0 Å². The first kappa shape index (κ1) is 34.7. The molecule has 5 aromatic rings. The largest absolute Gasteiger partial charge is 0.349 e. The zero-order valence-electron chi connectivity index (χ0n) is 28.8. The molecule has 11 heteroatoms. The van der Waals surface area contributed by atoms with E-state index in [2.05, 4.69) is 82.9 Å². The third kappa shape index (κ3) is 8.52. The van der Waals surface area contributed by atoms with Gasteiger partial charge in [-0.15, -0.1) is 0 Å². The maximum absolute atomic E-state index is 14.4. The van der Waals surface area contributed by atoms with Crippen molar-refractivity contribution in [1.29, 1.82) is 0 Å². The number of hydrogen-bond donors (Lipinski definition) is 3. The summed E-state index contributed by atoms with van der Waals surface area (Å²) in [5.74, 6) is -1.52. The fourth-order valence-electron chi connectivity index (χ4n) is 6.10. The second kappa shape index (κ2) is 14.8. The van der Waals surface area contributed by atoms with Gasteiger partial charge < -0.3 is 25.3 Å². The molecule has 0 aliphatic heterocycles. The fourth-order valence-corrected chi connectivity index (χ4v) is 6.10. The molecule has 0 radical (unpaired) electrons. The quantitative estimate of drug-likeness (QED) is 0.145. The molecule has 1 aliphatic carbocycles. The number of carbonyl (C=O) groups is 2. The molecular formula is C39H43F2N7O2. The fraction of sp³-hybridized carbons (Fsp3) is 0.333. The SMILES string of the molecule is CN(CCc1ccc(-c2cccc(Nc3ncc(F)cc3C(=O)N[C@H]3CC[C@@H](NC(=O)c4cn5cc(F)ccc5n4)CC3)c2)cc1)C(C)(C)C. The molecule has 6 rings (SSSR count). The number of amides is 2. The second-order valence-corrected chi connectivity index (χ2v) is 14.0. The monoisotopic (exact) mass is 679 g/mol. The van der Waals surface area contributed by atoms with Crippen LogP contribution in [-0.4, -0.2) is 62.3 Å². The minimum absolute atomic E-state index is 0.0936. The molecule has 0 saturated heterocycles. The number of halogens is 2. The number of aromatic nitrogens is 3. The van der Waals surface area contributed by atoms with E-state index in [4.69, 9.17) is 0 Å². The number of fused-ring (bicyclic) bond motifs is 1. The van der Waals surface area contributed by atoms with Crippen LogP contribution < -0.4 is 16.0 Å². The lowest BCUT2D eigenvalue weighted by Gasteiger charge is -2.31. The van der Waals surface area contributed by atoms with E-state index in [0.29, 0.717) is 31.3 Å². The Bertz CT molecular complexity index is 1980. The Hall–Kier alpha value is -5.16. The van der Waals surface area contributed by atoms with Gasteiger partial charge in [0, 0.05) is 42.2 Å². The normalized spacial score (nSPS) is 16.4. The minimum atomic E-state index is -0.607. The van der Waals surface area contributed by atoms with E-state index in [0.717, 1.165) is 36.0 Å². The lowest BCUT2D eigenvalue weighted by Crippen LogP contribution is -2.44. The molecule has 50 heavy (non-hydrogen) atoms. The Kier molecular flexibility index (Phi) is 10.2. The maximum atomic E-state index is 14.4. The molecule has 9 nitrogen and oxygen atoms in total. The number of anilines is 2. The van der Waals surface area contributed by atoms with Crippen LogP contribution in [0.3, 0.4) is 0 Å². The Labute approximate surface area is 291 Å². The van der Waals surface area contributed by atoms with Crippen molar-refractivity contribution in [3.8, 4) is 11.1 Å². The summed E-state index contributed by atoms with van der Waals surface area (Å²) >= 11 is 0. The predicted molar refractivity (Wildman–Crippen MR) is 192 cm³/mol. The summed E-state index contributed by atoms with van der Waals surface area (Å²) in [5.41, 5.74) is 4.98. The molecule has 0 atom stereocenters. The Morgan fingerprint density at radius 2 is 1.56 bits per heavy atom. The van der Waals surface area contributed by atoms with Gasteiger partial charge in [-0.1, -0.05) is 36.4 Å². The molecule has 0 unspecified atom stereocenters. The summed E-state index contributed by atoms with van der Waals surface area (Å²) in [5, 5.41) is 9.26. The van der Waals surface area contributed by atoms with E-state index in [1.165, 1.54) is 40.6 Å².